The van der Waals surface area contributed by atoms with Crippen molar-refractivity contribution >= 4 is 5.82 Å². The monoisotopic (exact) mass is 446 g/mol. The molecule has 1 saturated heterocycles. The average molecular weight is 447 g/mol. The van der Waals surface area contributed by atoms with Crippen molar-refractivity contribution < 1.29 is 4.39 Å². The fraction of sp³-hybridized carbons (Fsp3) is 0.333. The Labute approximate surface area is 191 Å². The highest BCUT2D eigenvalue weighted by Gasteiger charge is 2.31. The molecule has 8 nitrogen and oxygen atoms in total. The molecule has 0 amide bonds. The molecule has 1 aliphatic heterocycles. The van der Waals surface area contributed by atoms with Gasteiger partial charge in [0.05, 0.1) is 18.9 Å². The first-order valence-electron chi connectivity index (χ1n) is 11.1. The Morgan fingerprint density at radius 2 is 1.67 bits per heavy atom. The Kier molecular flexibility index (Phi) is 5.63. The fourth-order valence-electron chi connectivity index (χ4n) is 4.13. The van der Waals surface area contributed by atoms with Crippen molar-refractivity contribution in [1.29, 1.82) is 0 Å². The predicted molar refractivity (Wildman–Crippen MR) is 126 cm³/mol. The van der Waals surface area contributed by atoms with E-state index >= 15 is 4.39 Å². The van der Waals surface area contributed by atoms with Crippen molar-refractivity contribution in [3.05, 3.63) is 55.2 Å². The Balaban J connectivity index is 1.49. The zero-order chi connectivity index (χ0) is 22.8. The lowest BCUT2D eigenvalue weighted by Crippen LogP contribution is -2.43. The lowest BCUT2D eigenvalue weighted by Gasteiger charge is -2.30. The third-order valence-electron chi connectivity index (χ3n) is 6.04. The summed E-state index contributed by atoms with van der Waals surface area (Å²) in [6.45, 7) is 1.57. The topological polar surface area (TPSA) is 85.5 Å². The van der Waals surface area contributed by atoms with Crippen LogP contribution in [0.1, 0.15) is 12.8 Å². The van der Waals surface area contributed by atoms with E-state index in [1.54, 1.807) is 21.8 Å². The first-order chi connectivity index (χ1) is 16.0. The molecule has 4 heterocycles. The van der Waals surface area contributed by atoms with E-state index in [0.717, 1.165) is 27.8 Å². The van der Waals surface area contributed by atoms with Gasteiger partial charge in [0, 0.05) is 54.9 Å². The minimum atomic E-state index is -1.26. The fourth-order valence-corrected chi connectivity index (χ4v) is 4.13. The number of alkyl halides is 1. The number of nitrogens with zero attached hydrogens (tertiary/aromatic N) is 6. The molecule has 1 aliphatic rings. The summed E-state index contributed by atoms with van der Waals surface area (Å²) in [5.74, 6) is 1.18. The third-order valence-corrected chi connectivity index (χ3v) is 6.04. The highest BCUT2D eigenvalue weighted by atomic mass is 19.1. The van der Waals surface area contributed by atoms with Crippen molar-refractivity contribution in [2.75, 3.05) is 25.0 Å². The zero-order valence-corrected chi connectivity index (χ0v) is 18.8. The molecular weight excluding hydrogens is 419 g/mol. The molecule has 4 aromatic rings. The van der Waals surface area contributed by atoms with Crippen LogP contribution in [0.4, 0.5) is 10.2 Å². The molecule has 0 saturated carbocycles. The maximum atomic E-state index is 15.3. The summed E-state index contributed by atoms with van der Waals surface area (Å²) in [4.78, 5) is 9.46. The standard InChI is InChI=1S/C24H27FN8/c1-32-14-19(11-29-32)17-4-3-5-18(10-17)22-27-13-21(20-12-30-33(2)15-20)23(31-22)28-16-24(25)6-8-26-9-7-24/h3-5,10-15,26H,6-9,16H2,1-2H3,(H,27,28,31). The van der Waals surface area contributed by atoms with Gasteiger partial charge in [0.15, 0.2) is 5.82 Å². The Morgan fingerprint density at radius 3 is 2.36 bits per heavy atom. The van der Waals surface area contributed by atoms with E-state index in [1.165, 1.54) is 0 Å². The van der Waals surface area contributed by atoms with Crippen LogP contribution in [-0.2, 0) is 14.1 Å². The molecule has 0 spiro atoms. The van der Waals surface area contributed by atoms with Crippen molar-refractivity contribution in [2.24, 2.45) is 14.1 Å². The van der Waals surface area contributed by atoms with Crippen LogP contribution in [0.15, 0.2) is 55.2 Å². The van der Waals surface area contributed by atoms with Gasteiger partial charge in [-0.2, -0.15) is 10.2 Å². The molecule has 170 valence electrons. The van der Waals surface area contributed by atoms with Crippen LogP contribution >= 0.6 is 0 Å². The highest BCUT2D eigenvalue weighted by molar-refractivity contribution is 5.76. The predicted octanol–water partition coefficient (Wildman–Crippen LogP) is 3.45. The number of aryl methyl sites for hydroxylation is 2. The van der Waals surface area contributed by atoms with E-state index in [2.05, 4.69) is 25.8 Å². The van der Waals surface area contributed by atoms with Gasteiger partial charge in [-0.25, -0.2) is 14.4 Å². The second-order valence-electron chi connectivity index (χ2n) is 8.60. The Hall–Kier alpha value is -3.59. The van der Waals surface area contributed by atoms with Crippen LogP contribution in [-0.4, -0.2) is 54.8 Å². The zero-order valence-electron chi connectivity index (χ0n) is 18.8. The molecule has 0 unspecified atom stereocenters. The van der Waals surface area contributed by atoms with E-state index in [9.17, 15) is 0 Å². The van der Waals surface area contributed by atoms with Crippen molar-refractivity contribution in [3.8, 4) is 33.6 Å². The number of aromatic nitrogens is 6. The van der Waals surface area contributed by atoms with Gasteiger partial charge in [-0.3, -0.25) is 9.36 Å². The second-order valence-corrected chi connectivity index (χ2v) is 8.60. The first-order valence-corrected chi connectivity index (χ1v) is 11.1. The minimum absolute atomic E-state index is 0.202. The van der Waals surface area contributed by atoms with Crippen LogP contribution in [0, 0.1) is 0 Å². The Morgan fingerprint density at radius 1 is 0.970 bits per heavy atom. The van der Waals surface area contributed by atoms with Gasteiger partial charge in [-0.1, -0.05) is 18.2 Å². The van der Waals surface area contributed by atoms with Gasteiger partial charge in [0.2, 0.25) is 0 Å². The maximum absolute atomic E-state index is 15.3. The lowest BCUT2D eigenvalue weighted by molar-refractivity contribution is 0.131. The molecule has 33 heavy (non-hydrogen) atoms. The van der Waals surface area contributed by atoms with Crippen LogP contribution in [0.2, 0.25) is 0 Å². The molecule has 0 aliphatic carbocycles. The summed E-state index contributed by atoms with van der Waals surface area (Å²) in [5.41, 5.74) is 3.36. The summed E-state index contributed by atoms with van der Waals surface area (Å²) < 4.78 is 18.8. The van der Waals surface area contributed by atoms with Crippen LogP contribution in [0.25, 0.3) is 33.6 Å². The number of rotatable bonds is 6. The van der Waals surface area contributed by atoms with Crippen molar-refractivity contribution in [3.63, 3.8) is 0 Å². The molecule has 2 N–H and O–H groups in total. The maximum Gasteiger partial charge on any atom is 0.161 e. The molecule has 0 radical (unpaired) electrons. The third kappa shape index (κ3) is 4.63. The largest absolute Gasteiger partial charge is 0.366 e. The van der Waals surface area contributed by atoms with Gasteiger partial charge in [-0.05, 0) is 37.6 Å². The lowest BCUT2D eigenvalue weighted by atomic mass is 9.94. The van der Waals surface area contributed by atoms with Crippen LogP contribution in [0.3, 0.4) is 0 Å². The molecule has 0 bridgehead atoms. The van der Waals surface area contributed by atoms with Gasteiger partial charge in [0.25, 0.3) is 0 Å². The van der Waals surface area contributed by atoms with E-state index in [1.807, 2.05) is 57.0 Å². The average Bonchev–Trinajstić information content (AvgIpc) is 3.46. The number of hydrogen-bond acceptors (Lipinski definition) is 6. The van der Waals surface area contributed by atoms with E-state index in [4.69, 9.17) is 4.98 Å². The number of piperidine rings is 1. The molecule has 1 aromatic carbocycles. The summed E-state index contributed by atoms with van der Waals surface area (Å²) in [6.07, 6.45) is 10.2. The summed E-state index contributed by atoms with van der Waals surface area (Å²) in [6, 6.07) is 8.04. The van der Waals surface area contributed by atoms with E-state index < -0.39 is 5.67 Å². The van der Waals surface area contributed by atoms with E-state index in [-0.39, 0.29) is 6.54 Å². The molecule has 5 rings (SSSR count). The van der Waals surface area contributed by atoms with Gasteiger partial charge >= 0.3 is 0 Å². The number of hydrogen-bond donors (Lipinski definition) is 2. The Bertz CT molecular complexity index is 1250. The minimum Gasteiger partial charge on any atom is -0.366 e. The summed E-state index contributed by atoms with van der Waals surface area (Å²) in [7, 11) is 3.76. The van der Waals surface area contributed by atoms with Gasteiger partial charge in [0.1, 0.15) is 11.5 Å². The molecule has 3 aromatic heterocycles. The summed E-state index contributed by atoms with van der Waals surface area (Å²) in [5, 5.41) is 15.0. The quantitative estimate of drug-likeness (QED) is 0.472. The molecule has 1 fully saturated rings. The SMILES string of the molecule is Cn1cc(-c2cccc(-c3ncc(-c4cnn(C)c4)c(NCC4(F)CCNCC4)n3)c2)cn1. The molecular formula is C24H27FN8. The number of nitrogens with one attached hydrogen (secondary N) is 2. The molecule has 0 atom stereocenters. The van der Waals surface area contributed by atoms with Crippen molar-refractivity contribution in [2.45, 2.75) is 18.5 Å². The van der Waals surface area contributed by atoms with Crippen LogP contribution in [0.5, 0.6) is 0 Å². The number of anilines is 1. The smallest absolute Gasteiger partial charge is 0.161 e. The second kappa shape index (κ2) is 8.74. The summed E-state index contributed by atoms with van der Waals surface area (Å²) >= 11 is 0. The number of halogens is 1. The first kappa shape index (κ1) is 21.3. The van der Waals surface area contributed by atoms with E-state index in [0.29, 0.717) is 37.6 Å². The molecule has 9 heteroatoms. The van der Waals surface area contributed by atoms with Gasteiger partial charge in [-0.15, -0.1) is 0 Å². The van der Waals surface area contributed by atoms with Crippen molar-refractivity contribution in [1.82, 2.24) is 34.8 Å². The van der Waals surface area contributed by atoms with Gasteiger partial charge < -0.3 is 10.6 Å². The number of benzene rings is 1. The normalized spacial score (nSPS) is 15.5. The highest BCUT2D eigenvalue weighted by Crippen LogP contribution is 2.31. The van der Waals surface area contributed by atoms with Crippen LogP contribution < -0.4 is 10.6 Å².